The maximum atomic E-state index is 11.1. The molecule has 0 aliphatic carbocycles. The number of thiophene rings is 1. The molecule has 0 spiro atoms. The number of carbonyl (C=O) groups is 1. The summed E-state index contributed by atoms with van der Waals surface area (Å²) in [6.07, 6.45) is 0. The Labute approximate surface area is 99.2 Å². The molecule has 5 nitrogen and oxygen atoms in total. The molecule has 5 N–H and O–H groups in total. The van der Waals surface area contributed by atoms with Crippen molar-refractivity contribution in [2.24, 2.45) is 5.73 Å². The molecule has 0 fully saturated rings. The number of nitrogen functional groups attached to an aromatic ring is 1. The van der Waals surface area contributed by atoms with Crippen LogP contribution in [0.1, 0.15) is 10.6 Å². The van der Waals surface area contributed by atoms with Crippen LogP contribution in [-0.4, -0.2) is 11.0 Å². The summed E-state index contributed by atoms with van der Waals surface area (Å²) in [4.78, 5) is 11.1. The van der Waals surface area contributed by atoms with Gasteiger partial charge in [-0.3, -0.25) is 4.79 Å². The van der Waals surface area contributed by atoms with Gasteiger partial charge in [-0.05, 0) is 18.2 Å². The lowest BCUT2D eigenvalue weighted by Crippen LogP contribution is -2.11. The van der Waals surface area contributed by atoms with E-state index in [2.05, 4.69) is 0 Å². The van der Waals surface area contributed by atoms with Gasteiger partial charge in [0.15, 0.2) is 5.58 Å². The van der Waals surface area contributed by atoms with E-state index >= 15 is 0 Å². The second kappa shape index (κ2) is 3.14. The van der Waals surface area contributed by atoms with Crippen LogP contribution in [-0.2, 0) is 0 Å². The summed E-state index contributed by atoms with van der Waals surface area (Å²) in [7, 11) is 0. The van der Waals surface area contributed by atoms with E-state index in [1.165, 1.54) is 11.3 Å². The average Bonchev–Trinajstić information content (AvgIpc) is 2.76. The Balaban J connectivity index is 2.45. The number of benzene rings is 1. The zero-order valence-electron chi connectivity index (χ0n) is 8.56. The Morgan fingerprint density at radius 1 is 1.41 bits per heavy atom. The summed E-state index contributed by atoms with van der Waals surface area (Å²) in [6.45, 7) is 0. The number of hydrogen-bond donors (Lipinski definition) is 3. The van der Waals surface area contributed by atoms with Gasteiger partial charge in [0, 0.05) is 10.1 Å². The first kappa shape index (κ1) is 9.98. The minimum atomic E-state index is -0.683. The molecule has 1 amide bonds. The van der Waals surface area contributed by atoms with Gasteiger partial charge in [-0.2, -0.15) is 0 Å². The molecule has 17 heavy (non-hydrogen) atoms. The van der Waals surface area contributed by atoms with Crippen molar-refractivity contribution in [1.82, 2.24) is 0 Å². The Kier molecular flexibility index (Phi) is 1.84. The van der Waals surface area contributed by atoms with Gasteiger partial charge < -0.3 is 21.0 Å². The van der Waals surface area contributed by atoms with Crippen molar-refractivity contribution in [3.05, 3.63) is 24.0 Å². The zero-order chi connectivity index (χ0) is 12.2. The lowest BCUT2D eigenvalue weighted by atomic mass is 10.2. The van der Waals surface area contributed by atoms with Crippen LogP contribution >= 0.6 is 11.3 Å². The topological polar surface area (TPSA) is 102 Å². The predicted molar refractivity (Wildman–Crippen MR) is 66.2 cm³/mol. The van der Waals surface area contributed by atoms with Gasteiger partial charge in [0.05, 0.1) is 4.70 Å². The number of hydrogen-bond acceptors (Lipinski definition) is 5. The van der Waals surface area contributed by atoms with Gasteiger partial charge >= 0.3 is 0 Å². The number of furan rings is 1. The van der Waals surface area contributed by atoms with Crippen LogP contribution in [0.5, 0.6) is 5.75 Å². The molecule has 0 saturated carbocycles. The summed E-state index contributed by atoms with van der Waals surface area (Å²) in [5.74, 6) is -0.519. The van der Waals surface area contributed by atoms with Crippen LogP contribution in [0.25, 0.3) is 20.4 Å². The average molecular weight is 248 g/mol. The normalized spacial score (nSPS) is 11.3. The molecular weight excluding hydrogens is 240 g/mol. The van der Waals surface area contributed by atoms with Crippen LogP contribution < -0.4 is 11.5 Å². The zero-order valence-corrected chi connectivity index (χ0v) is 9.38. The molecule has 3 rings (SSSR count). The fourth-order valence-corrected chi connectivity index (χ4v) is 2.90. The highest BCUT2D eigenvalue weighted by molar-refractivity contribution is 7.26. The second-order valence-electron chi connectivity index (χ2n) is 3.65. The molecule has 6 heteroatoms. The molecule has 0 unspecified atom stereocenters. The lowest BCUT2D eigenvalue weighted by molar-refractivity contribution is 0.0977. The highest BCUT2D eigenvalue weighted by Crippen LogP contribution is 2.41. The Morgan fingerprint density at radius 2 is 2.18 bits per heavy atom. The molecule has 86 valence electrons. The van der Waals surface area contributed by atoms with Gasteiger partial charge in [-0.25, -0.2) is 0 Å². The standard InChI is InChI=1S/C11H8N2O3S/c12-7-9(11(13)15)16-8-5-2-1-4(14)3-6(5)17-10(7)8/h1-3,14H,12H2,(H2,13,15). The molecule has 0 aliphatic rings. The first-order chi connectivity index (χ1) is 8.08. The van der Waals surface area contributed by atoms with Gasteiger partial charge in [-0.1, -0.05) is 0 Å². The third kappa shape index (κ3) is 1.27. The van der Waals surface area contributed by atoms with Crippen molar-refractivity contribution in [1.29, 1.82) is 0 Å². The van der Waals surface area contributed by atoms with Crippen molar-refractivity contribution in [2.45, 2.75) is 0 Å². The van der Waals surface area contributed by atoms with E-state index in [1.807, 2.05) is 0 Å². The van der Waals surface area contributed by atoms with E-state index < -0.39 is 5.91 Å². The molecule has 0 saturated heterocycles. The Morgan fingerprint density at radius 3 is 2.88 bits per heavy atom. The SMILES string of the molecule is NC(=O)c1oc2c(sc3cc(O)ccc32)c1N. The Hall–Kier alpha value is -2.21. The van der Waals surface area contributed by atoms with E-state index in [4.69, 9.17) is 15.9 Å². The quantitative estimate of drug-likeness (QED) is 0.613. The predicted octanol–water partition coefficient (Wildman–Crippen LogP) is 2.03. The van der Waals surface area contributed by atoms with Crippen LogP contribution in [0.2, 0.25) is 0 Å². The van der Waals surface area contributed by atoms with Crippen molar-refractivity contribution < 1.29 is 14.3 Å². The van der Waals surface area contributed by atoms with Gasteiger partial charge in [0.25, 0.3) is 5.91 Å². The number of rotatable bonds is 1. The highest BCUT2D eigenvalue weighted by Gasteiger charge is 2.20. The molecule has 3 aromatic rings. The number of fused-ring (bicyclic) bond motifs is 3. The van der Waals surface area contributed by atoms with Gasteiger partial charge in [-0.15, -0.1) is 11.3 Å². The van der Waals surface area contributed by atoms with Crippen LogP contribution in [0, 0.1) is 0 Å². The molecule has 0 aliphatic heterocycles. The van der Waals surface area contributed by atoms with Gasteiger partial charge in [0.1, 0.15) is 11.4 Å². The van der Waals surface area contributed by atoms with Crippen molar-refractivity contribution in [2.75, 3.05) is 5.73 Å². The summed E-state index contributed by atoms with van der Waals surface area (Å²) in [5, 5.41) is 10.2. The van der Waals surface area contributed by atoms with E-state index in [0.717, 1.165) is 10.1 Å². The third-order valence-electron chi connectivity index (χ3n) is 2.55. The molecule has 0 radical (unpaired) electrons. The van der Waals surface area contributed by atoms with Crippen molar-refractivity contribution in [3.8, 4) is 5.75 Å². The molecule has 2 heterocycles. The molecule has 2 aromatic heterocycles. The first-order valence-corrected chi connectivity index (χ1v) is 5.63. The number of anilines is 1. The minimum Gasteiger partial charge on any atom is -0.508 e. The van der Waals surface area contributed by atoms with E-state index in [0.29, 0.717) is 10.3 Å². The van der Waals surface area contributed by atoms with Crippen molar-refractivity contribution in [3.63, 3.8) is 0 Å². The number of aromatic hydroxyl groups is 1. The number of phenols is 1. The van der Waals surface area contributed by atoms with Crippen LogP contribution in [0.15, 0.2) is 22.6 Å². The number of primary amides is 1. The fraction of sp³-hybridized carbons (Fsp3) is 0. The lowest BCUT2D eigenvalue weighted by Gasteiger charge is -1.92. The number of nitrogens with two attached hydrogens (primary N) is 2. The van der Waals surface area contributed by atoms with Gasteiger partial charge in [0.2, 0.25) is 5.76 Å². The highest BCUT2D eigenvalue weighted by atomic mass is 32.1. The largest absolute Gasteiger partial charge is 0.508 e. The third-order valence-corrected chi connectivity index (χ3v) is 3.71. The summed E-state index contributed by atoms with van der Waals surface area (Å²) >= 11 is 1.35. The van der Waals surface area contributed by atoms with Crippen LogP contribution in [0.3, 0.4) is 0 Å². The Bertz CT molecular complexity index is 757. The van der Waals surface area contributed by atoms with E-state index in [1.54, 1.807) is 18.2 Å². The second-order valence-corrected chi connectivity index (χ2v) is 4.70. The first-order valence-electron chi connectivity index (χ1n) is 4.81. The smallest absolute Gasteiger partial charge is 0.286 e. The van der Waals surface area contributed by atoms with E-state index in [9.17, 15) is 9.90 Å². The molecule has 0 atom stereocenters. The maximum absolute atomic E-state index is 11.1. The number of amides is 1. The van der Waals surface area contributed by atoms with Crippen LogP contribution in [0.4, 0.5) is 5.69 Å². The summed E-state index contributed by atoms with van der Waals surface area (Å²) in [5.41, 5.74) is 11.7. The number of carbonyl (C=O) groups excluding carboxylic acids is 1. The number of phenolic OH excluding ortho intramolecular Hbond substituents is 1. The monoisotopic (exact) mass is 248 g/mol. The minimum absolute atomic E-state index is 0.0128. The fourth-order valence-electron chi connectivity index (χ4n) is 1.78. The molecular formula is C11H8N2O3S. The van der Waals surface area contributed by atoms with E-state index in [-0.39, 0.29) is 17.2 Å². The summed E-state index contributed by atoms with van der Waals surface area (Å²) in [6, 6.07) is 4.90. The molecule has 1 aromatic carbocycles. The summed E-state index contributed by atoms with van der Waals surface area (Å²) < 4.78 is 6.91. The maximum Gasteiger partial charge on any atom is 0.286 e. The van der Waals surface area contributed by atoms with Crippen molar-refractivity contribution >= 4 is 43.3 Å². The molecule has 0 bridgehead atoms.